The Kier molecular flexibility index (Phi) is 4.29. The molecule has 1 aromatic heterocycles. The fraction of sp³-hybridized carbons (Fsp3) is 0.400. The maximum absolute atomic E-state index is 11.8. The van der Waals surface area contributed by atoms with Crippen molar-refractivity contribution < 1.29 is 4.79 Å². The van der Waals surface area contributed by atoms with E-state index in [0.29, 0.717) is 12.1 Å². The number of aromatic nitrogens is 1. The minimum Gasteiger partial charge on any atom is -0.322 e. The van der Waals surface area contributed by atoms with Gasteiger partial charge in [0.1, 0.15) is 0 Å². The Morgan fingerprint density at radius 1 is 1.75 bits per heavy atom. The van der Waals surface area contributed by atoms with E-state index in [0.717, 1.165) is 4.47 Å². The summed E-state index contributed by atoms with van der Waals surface area (Å²) in [4.78, 5) is 15.7. The first-order chi connectivity index (χ1) is 7.36. The number of nitrogens with zero attached hydrogens (tertiary/aromatic N) is 1. The number of carbonyl (C=O) groups excluding carboxylic acids is 1. The van der Waals surface area contributed by atoms with Crippen molar-refractivity contribution in [3.63, 3.8) is 0 Å². The second kappa shape index (κ2) is 5.12. The average molecular weight is 307 g/mol. The number of pyridine rings is 1. The first-order valence-corrected chi connectivity index (χ1v) is 5.95. The van der Waals surface area contributed by atoms with Crippen LogP contribution < -0.4 is 11.1 Å². The lowest BCUT2D eigenvalue weighted by atomic mass is 9.99. The van der Waals surface area contributed by atoms with E-state index >= 15 is 0 Å². The van der Waals surface area contributed by atoms with Crippen LogP contribution in [0.1, 0.15) is 20.3 Å². The van der Waals surface area contributed by atoms with E-state index < -0.39 is 5.54 Å². The summed E-state index contributed by atoms with van der Waals surface area (Å²) < 4.78 is 0.738. The molecule has 4 nitrogen and oxygen atoms in total. The monoisotopic (exact) mass is 305 g/mol. The summed E-state index contributed by atoms with van der Waals surface area (Å²) in [5.41, 5.74) is 5.35. The summed E-state index contributed by atoms with van der Waals surface area (Å²) in [5, 5.41) is 2.89. The molecule has 0 saturated carbocycles. The Morgan fingerprint density at radius 3 is 2.94 bits per heavy atom. The molecule has 0 spiro atoms. The van der Waals surface area contributed by atoms with Crippen LogP contribution in [-0.4, -0.2) is 16.4 Å². The molecule has 0 radical (unpaired) electrons. The lowest BCUT2D eigenvalue weighted by Crippen LogP contribution is -2.47. The standard InChI is InChI=1S/C10H13BrClN3O/c1-3-10(2,13)9(16)15-7-4-6(11)5-14-8(7)12/h4-5H,3,13H2,1-2H3,(H,15,16). The third kappa shape index (κ3) is 3.17. The molecule has 0 aromatic carbocycles. The fourth-order valence-electron chi connectivity index (χ4n) is 0.936. The number of carbonyl (C=O) groups is 1. The van der Waals surface area contributed by atoms with Crippen LogP contribution in [0.15, 0.2) is 16.7 Å². The van der Waals surface area contributed by atoms with Gasteiger partial charge in [0.2, 0.25) is 5.91 Å². The van der Waals surface area contributed by atoms with Crippen molar-refractivity contribution in [3.8, 4) is 0 Å². The molecule has 1 unspecified atom stereocenters. The van der Waals surface area contributed by atoms with Gasteiger partial charge in [-0.05, 0) is 35.3 Å². The lowest BCUT2D eigenvalue weighted by Gasteiger charge is -2.21. The number of nitrogens with one attached hydrogen (secondary N) is 1. The van der Waals surface area contributed by atoms with Gasteiger partial charge < -0.3 is 11.1 Å². The minimum absolute atomic E-state index is 0.239. The lowest BCUT2D eigenvalue weighted by molar-refractivity contribution is -0.120. The van der Waals surface area contributed by atoms with Gasteiger partial charge in [-0.3, -0.25) is 4.79 Å². The Morgan fingerprint density at radius 2 is 2.38 bits per heavy atom. The highest BCUT2D eigenvalue weighted by molar-refractivity contribution is 9.10. The molecule has 16 heavy (non-hydrogen) atoms. The van der Waals surface area contributed by atoms with Crippen LogP contribution in [-0.2, 0) is 4.79 Å². The topological polar surface area (TPSA) is 68.0 Å². The van der Waals surface area contributed by atoms with Crippen molar-refractivity contribution in [2.45, 2.75) is 25.8 Å². The van der Waals surface area contributed by atoms with Crippen LogP contribution in [0.2, 0.25) is 5.15 Å². The highest BCUT2D eigenvalue weighted by atomic mass is 79.9. The van der Waals surface area contributed by atoms with E-state index in [2.05, 4.69) is 26.2 Å². The van der Waals surface area contributed by atoms with Crippen LogP contribution >= 0.6 is 27.5 Å². The molecular weight excluding hydrogens is 293 g/mol. The molecular formula is C10H13BrClN3O. The molecule has 3 N–H and O–H groups in total. The molecule has 6 heteroatoms. The maximum atomic E-state index is 11.8. The van der Waals surface area contributed by atoms with Gasteiger partial charge in [-0.25, -0.2) is 4.98 Å². The minimum atomic E-state index is -0.911. The van der Waals surface area contributed by atoms with E-state index in [4.69, 9.17) is 17.3 Å². The zero-order chi connectivity index (χ0) is 12.3. The molecule has 1 atom stereocenters. The molecule has 0 bridgehead atoms. The summed E-state index contributed by atoms with van der Waals surface area (Å²) in [6, 6.07) is 1.68. The molecule has 0 fully saturated rings. The van der Waals surface area contributed by atoms with Crippen LogP contribution in [0.5, 0.6) is 0 Å². The normalized spacial score (nSPS) is 14.3. The van der Waals surface area contributed by atoms with Crippen molar-refractivity contribution in [3.05, 3.63) is 21.9 Å². The Labute approximate surface area is 108 Å². The summed E-state index contributed by atoms with van der Waals surface area (Å²) >= 11 is 9.10. The van der Waals surface area contributed by atoms with Gasteiger partial charge in [-0.2, -0.15) is 0 Å². The summed E-state index contributed by atoms with van der Waals surface area (Å²) in [6.07, 6.45) is 2.09. The van der Waals surface area contributed by atoms with Gasteiger partial charge >= 0.3 is 0 Å². The number of hydrogen-bond donors (Lipinski definition) is 2. The third-order valence-electron chi connectivity index (χ3n) is 2.31. The fourth-order valence-corrected chi connectivity index (χ4v) is 1.42. The SMILES string of the molecule is CCC(C)(N)C(=O)Nc1cc(Br)cnc1Cl. The van der Waals surface area contributed by atoms with Crippen molar-refractivity contribution in [1.82, 2.24) is 4.98 Å². The first kappa shape index (κ1) is 13.4. The highest BCUT2D eigenvalue weighted by Gasteiger charge is 2.26. The molecule has 88 valence electrons. The smallest absolute Gasteiger partial charge is 0.244 e. The second-order valence-corrected chi connectivity index (χ2v) is 4.99. The molecule has 0 aliphatic rings. The Bertz CT molecular complexity index is 409. The van der Waals surface area contributed by atoms with Crippen molar-refractivity contribution in [2.24, 2.45) is 5.73 Å². The van der Waals surface area contributed by atoms with Gasteiger partial charge in [0.05, 0.1) is 11.2 Å². The van der Waals surface area contributed by atoms with Crippen LogP contribution in [0.3, 0.4) is 0 Å². The van der Waals surface area contributed by atoms with Crippen LogP contribution in [0, 0.1) is 0 Å². The molecule has 1 rings (SSSR count). The third-order valence-corrected chi connectivity index (χ3v) is 3.04. The van der Waals surface area contributed by atoms with Gasteiger partial charge in [-0.15, -0.1) is 0 Å². The van der Waals surface area contributed by atoms with Crippen molar-refractivity contribution >= 4 is 39.1 Å². The molecule has 0 aliphatic heterocycles. The predicted molar refractivity (Wildman–Crippen MR) is 68.5 cm³/mol. The van der Waals surface area contributed by atoms with E-state index in [9.17, 15) is 4.79 Å². The van der Waals surface area contributed by atoms with Gasteiger partial charge in [-0.1, -0.05) is 18.5 Å². The number of anilines is 1. The van der Waals surface area contributed by atoms with E-state index in [1.54, 1.807) is 19.2 Å². The number of nitrogens with two attached hydrogens (primary N) is 1. The average Bonchev–Trinajstić information content (AvgIpc) is 2.23. The zero-order valence-electron chi connectivity index (χ0n) is 9.05. The number of halogens is 2. The van der Waals surface area contributed by atoms with Gasteiger partial charge in [0, 0.05) is 10.7 Å². The number of hydrogen-bond acceptors (Lipinski definition) is 3. The summed E-state index contributed by atoms with van der Waals surface area (Å²) in [7, 11) is 0. The first-order valence-electron chi connectivity index (χ1n) is 4.78. The predicted octanol–water partition coefficient (Wildman–Crippen LogP) is 2.56. The number of rotatable bonds is 3. The second-order valence-electron chi connectivity index (χ2n) is 3.72. The van der Waals surface area contributed by atoms with E-state index in [-0.39, 0.29) is 11.1 Å². The largest absolute Gasteiger partial charge is 0.322 e. The molecule has 1 amide bonds. The Balaban J connectivity index is 2.89. The van der Waals surface area contributed by atoms with Crippen LogP contribution in [0.25, 0.3) is 0 Å². The zero-order valence-corrected chi connectivity index (χ0v) is 11.4. The number of amides is 1. The van der Waals surface area contributed by atoms with Crippen LogP contribution in [0.4, 0.5) is 5.69 Å². The highest BCUT2D eigenvalue weighted by Crippen LogP contribution is 2.23. The van der Waals surface area contributed by atoms with Crippen molar-refractivity contribution in [1.29, 1.82) is 0 Å². The summed E-state index contributed by atoms with van der Waals surface area (Å²) in [5.74, 6) is -0.281. The maximum Gasteiger partial charge on any atom is 0.244 e. The molecule has 1 aromatic rings. The summed E-state index contributed by atoms with van der Waals surface area (Å²) in [6.45, 7) is 3.52. The Hall–Kier alpha value is -0.650. The quantitative estimate of drug-likeness (QED) is 0.843. The van der Waals surface area contributed by atoms with E-state index in [1.807, 2.05) is 6.92 Å². The van der Waals surface area contributed by atoms with Gasteiger partial charge in [0.25, 0.3) is 0 Å². The molecule has 0 saturated heterocycles. The molecule has 0 aliphatic carbocycles. The molecule has 1 heterocycles. The van der Waals surface area contributed by atoms with Crippen molar-refractivity contribution in [2.75, 3.05) is 5.32 Å². The van der Waals surface area contributed by atoms with Gasteiger partial charge in [0.15, 0.2) is 5.15 Å². The van der Waals surface area contributed by atoms with E-state index in [1.165, 1.54) is 0 Å².